The number of esters is 1. The second kappa shape index (κ2) is 7.21. The summed E-state index contributed by atoms with van der Waals surface area (Å²) in [6.45, 7) is 1.93. The van der Waals surface area contributed by atoms with Gasteiger partial charge in [-0.2, -0.15) is 13.2 Å². The molecule has 128 valence electrons. The zero-order valence-electron chi connectivity index (χ0n) is 12.8. The first kappa shape index (κ1) is 18.6. The number of carbonyl (C=O) groups is 2. The Morgan fingerprint density at radius 3 is 2.30 bits per heavy atom. The Morgan fingerprint density at radius 2 is 1.83 bits per heavy atom. The summed E-state index contributed by atoms with van der Waals surface area (Å²) in [7, 11) is 1.26. The van der Waals surface area contributed by atoms with E-state index in [9.17, 15) is 22.8 Å². The van der Waals surface area contributed by atoms with Crippen molar-refractivity contribution < 1.29 is 32.2 Å². The largest absolute Gasteiger partial charge is 0.495 e. The molecule has 1 aromatic carbocycles. The van der Waals surface area contributed by atoms with E-state index in [0.717, 1.165) is 6.92 Å². The highest BCUT2D eigenvalue weighted by Crippen LogP contribution is 2.35. The molecule has 0 aliphatic rings. The van der Waals surface area contributed by atoms with Crippen molar-refractivity contribution >= 4 is 17.6 Å². The summed E-state index contributed by atoms with van der Waals surface area (Å²) in [5, 5.41) is 3.62. The second-order valence-corrected chi connectivity index (χ2v) is 4.47. The summed E-state index contributed by atoms with van der Waals surface area (Å²) in [6.07, 6.45) is -5.16. The number of benzene rings is 1. The number of alkyl halides is 3. The van der Waals surface area contributed by atoms with Crippen molar-refractivity contribution in [3.8, 4) is 5.75 Å². The van der Waals surface area contributed by atoms with E-state index in [4.69, 9.17) is 4.74 Å². The van der Waals surface area contributed by atoms with Gasteiger partial charge >= 0.3 is 17.8 Å². The number of nitrogens with one attached hydrogen (secondary N) is 2. The molecule has 23 heavy (non-hydrogen) atoms. The molecule has 1 rings (SSSR count). The second-order valence-electron chi connectivity index (χ2n) is 4.47. The molecule has 0 aliphatic carbocycles. The van der Waals surface area contributed by atoms with Gasteiger partial charge in [0.05, 0.1) is 19.4 Å². The van der Waals surface area contributed by atoms with E-state index in [-0.39, 0.29) is 18.0 Å². The van der Waals surface area contributed by atoms with Gasteiger partial charge in [0, 0.05) is 6.92 Å². The van der Waals surface area contributed by atoms with Crippen LogP contribution in [0.15, 0.2) is 24.3 Å². The first-order valence-electron chi connectivity index (χ1n) is 6.61. The number of carbonyl (C=O) groups excluding carboxylic acids is 2. The predicted octanol–water partition coefficient (Wildman–Crippen LogP) is 2.06. The Hall–Kier alpha value is -2.45. The molecule has 0 bridgehead atoms. The van der Waals surface area contributed by atoms with Crippen molar-refractivity contribution in [2.24, 2.45) is 0 Å². The molecule has 2 N–H and O–H groups in total. The third-order valence-corrected chi connectivity index (χ3v) is 2.80. The van der Waals surface area contributed by atoms with Crippen molar-refractivity contribution in [3.05, 3.63) is 24.3 Å². The lowest BCUT2D eigenvalue weighted by atomic mass is 10.1. The minimum Gasteiger partial charge on any atom is -0.495 e. The standard InChI is InChI=1S/C14H17F3N2O4/c1-4-23-12(21)13(14(15,16)17,18-9(2)20)19-10-7-5-6-8-11(10)22-3/h5-8,19H,4H2,1-3H3,(H,18,20)/t13-/m0/s1. The van der Waals surface area contributed by atoms with Gasteiger partial charge in [-0.15, -0.1) is 0 Å². The van der Waals surface area contributed by atoms with E-state index in [1.54, 1.807) is 11.4 Å². The molecule has 0 saturated carbocycles. The van der Waals surface area contributed by atoms with E-state index in [0.29, 0.717) is 0 Å². The summed E-state index contributed by atoms with van der Waals surface area (Å²) in [5.74, 6) is -2.66. The number of amides is 1. The number of anilines is 1. The van der Waals surface area contributed by atoms with Gasteiger partial charge in [0.2, 0.25) is 5.91 Å². The minimum atomic E-state index is -5.16. The Kier molecular flexibility index (Phi) is 5.83. The Balaban J connectivity index is 3.42. The topological polar surface area (TPSA) is 76.7 Å². The average molecular weight is 334 g/mol. The predicted molar refractivity (Wildman–Crippen MR) is 75.9 cm³/mol. The summed E-state index contributed by atoms with van der Waals surface area (Å²) < 4.78 is 50.3. The van der Waals surface area contributed by atoms with Crippen LogP contribution in [0.5, 0.6) is 5.75 Å². The van der Waals surface area contributed by atoms with Crippen LogP contribution in [0.3, 0.4) is 0 Å². The van der Waals surface area contributed by atoms with Crippen LogP contribution < -0.4 is 15.4 Å². The fourth-order valence-corrected chi connectivity index (χ4v) is 1.84. The molecule has 0 fully saturated rings. The third-order valence-electron chi connectivity index (χ3n) is 2.80. The molecular formula is C14H17F3N2O4. The molecule has 0 heterocycles. The van der Waals surface area contributed by atoms with Crippen molar-refractivity contribution in [2.75, 3.05) is 19.0 Å². The quantitative estimate of drug-likeness (QED) is 0.615. The number of para-hydroxylation sites is 2. The maximum absolute atomic E-state index is 13.6. The number of hydrogen-bond acceptors (Lipinski definition) is 5. The monoisotopic (exact) mass is 334 g/mol. The van der Waals surface area contributed by atoms with Crippen LogP contribution in [0.25, 0.3) is 0 Å². The van der Waals surface area contributed by atoms with Crippen LogP contribution in [0.2, 0.25) is 0 Å². The highest BCUT2D eigenvalue weighted by atomic mass is 19.4. The van der Waals surface area contributed by atoms with E-state index in [1.807, 2.05) is 5.32 Å². The molecular weight excluding hydrogens is 317 g/mol. The van der Waals surface area contributed by atoms with Gasteiger partial charge in [-0.3, -0.25) is 4.79 Å². The lowest BCUT2D eigenvalue weighted by Crippen LogP contribution is -2.69. The lowest BCUT2D eigenvalue weighted by Gasteiger charge is -2.35. The molecule has 0 unspecified atom stereocenters. The molecule has 0 aromatic heterocycles. The zero-order valence-corrected chi connectivity index (χ0v) is 12.8. The highest BCUT2D eigenvalue weighted by Gasteiger charge is 2.63. The summed E-state index contributed by atoms with van der Waals surface area (Å²) in [6, 6.07) is 5.68. The fraction of sp³-hybridized carbons (Fsp3) is 0.429. The van der Waals surface area contributed by atoms with E-state index in [2.05, 4.69) is 4.74 Å². The van der Waals surface area contributed by atoms with Crippen molar-refractivity contribution in [2.45, 2.75) is 25.7 Å². The van der Waals surface area contributed by atoms with E-state index < -0.39 is 23.7 Å². The number of halogens is 3. The van der Waals surface area contributed by atoms with Crippen LogP contribution >= 0.6 is 0 Å². The summed E-state index contributed by atoms with van der Waals surface area (Å²) in [4.78, 5) is 23.3. The first-order valence-corrected chi connectivity index (χ1v) is 6.61. The molecule has 0 spiro atoms. The number of ether oxygens (including phenoxy) is 2. The highest BCUT2D eigenvalue weighted by molar-refractivity contribution is 5.91. The van der Waals surface area contributed by atoms with Gasteiger partial charge in [-0.25, -0.2) is 4.79 Å². The fourth-order valence-electron chi connectivity index (χ4n) is 1.84. The van der Waals surface area contributed by atoms with Crippen LogP contribution in [-0.2, 0) is 14.3 Å². The Bertz CT molecular complexity index is 577. The molecule has 1 atom stereocenters. The molecule has 0 saturated heterocycles. The lowest BCUT2D eigenvalue weighted by molar-refractivity contribution is -0.207. The number of rotatable bonds is 6. The van der Waals surface area contributed by atoms with Gasteiger partial charge in [0.1, 0.15) is 5.75 Å². The van der Waals surface area contributed by atoms with Crippen LogP contribution in [-0.4, -0.2) is 37.4 Å². The van der Waals surface area contributed by atoms with Gasteiger partial charge in [-0.05, 0) is 19.1 Å². The number of methoxy groups -OCH3 is 1. The molecule has 0 aliphatic heterocycles. The smallest absolute Gasteiger partial charge is 0.441 e. The van der Waals surface area contributed by atoms with Gasteiger partial charge in [0.15, 0.2) is 0 Å². The Morgan fingerprint density at radius 1 is 1.22 bits per heavy atom. The summed E-state index contributed by atoms with van der Waals surface area (Å²) in [5.41, 5.74) is -3.56. The number of hydrogen-bond donors (Lipinski definition) is 2. The summed E-state index contributed by atoms with van der Waals surface area (Å²) >= 11 is 0. The van der Waals surface area contributed by atoms with Crippen LogP contribution in [0, 0.1) is 0 Å². The van der Waals surface area contributed by atoms with Crippen molar-refractivity contribution in [3.63, 3.8) is 0 Å². The Labute approximate surface area is 130 Å². The maximum atomic E-state index is 13.6. The van der Waals surface area contributed by atoms with Gasteiger partial charge < -0.3 is 20.1 Å². The SMILES string of the molecule is CCOC(=O)[C@](NC(C)=O)(Nc1ccccc1OC)C(F)(F)F. The first-order chi connectivity index (χ1) is 10.7. The van der Waals surface area contributed by atoms with Crippen LogP contribution in [0.4, 0.5) is 18.9 Å². The van der Waals surface area contributed by atoms with Crippen molar-refractivity contribution in [1.29, 1.82) is 0 Å². The third kappa shape index (κ3) is 4.05. The van der Waals surface area contributed by atoms with E-state index >= 15 is 0 Å². The average Bonchev–Trinajstić information content (AvgIpc) is 2.45. The molecule has 1 aromatic rings. The maximum Gasteiger partial charge on any atom is 0.441 e. The van der Waals surface area contributed by atoms with Crippen LogP contribution in [0.1, 0.15) is 13.8 Å². The zero-order chi connectivity index (χ0) is 17.7. The van der Waals surface area contributed by atoms with Gasteiger partial charge in [0.25, 0.3) is 0 Å². The minimum absolute atomic E-state index is 0.0655. The van der Waals surface area contributed by atoms with Gasteiger partial charge in [-0.1, -0.05) is 12.1 Å². The molecule has 6 nitrogen and oxygen atoms in total. The van der Waals surface area contributed by atoms with Crippen molar-refractivity contribution in [1.82, 2.24) is 5.32 Å². The molecule has 9 heteroatoms. The molecule has 0 radical (unpaired) electrons. The normalized spacial score (nSPS) is 13.7. The van der Waals surface area contributed by atoms with E-state index in [1.165, 1.54) is 32.2 Å². The molecule has 1 amide bonds.